The molecule has 296 valence electrons. The molecule has 4 aromatic rings. The number of fused-ring (bicyclic) bond motifs is 2. The Hall–Kier alpha value is -4.26. The van der Waals surface area contributed by atoms with E-state index >= 15 is 0 Å². The van der Waals surface area contributed by atoms with Crippen LogP contribution in [0.25, 0.3) is 10.8 Å². The van der Waals surface area contributed by atoms with E-state index in [4.69, 9.17) is 0 Å². The molecule has 1 aliphatic rings. The van der Waals surface area contributed by atoms with Crippen LogP contribution in [0.4, 0.5) is 13.2 Å². The van der Waals surface area contributed by atoms with E-state index in [0.717, 1.165) is 21.9 Å². The van der Waals surface area contributed by atoms with Gasteiger partial charge in [0.25, 0.3) is 0 Å². The maximum Gasteiger partial charge on any atom is 0.408 e. The SMILES string of the molecule is CC(C)[C@H](NC(=O)[C@H](Cc1cccc2ccccc12)CS(=O)(=O)C(C)(C)C)C(=O)N[C@@H](Cc1ccccc1)[C@@H](O)CN1CCc2ccccc2[C@H]1C(F)(F)F. The normalized spacial score (nSPS) is 17.6. The molecule has 0 aromatic heterocycles. The number of aliphatic hydroxyl groups excluding tert-OH is 1. The Morgan fingerprint density at radius 1 is 0.836 bits per heavy atom. The summed E-state index contributed by atoms with van der Waals surface area (Å²) in [5, 5.41) is 19.2. The zero-order valence-corrected chi connectivity index (χ0v) is 32.8. The minimum absolute atomic E-state index is 0.0600. The second-order valence-corrected chi connectivity index (χ2v) is 18.7. The van der Waals surface area contributed by atoms with Gasteiger partial charge in [0.2, 0.25) is 11.8 Å². The largest absolute Gasteiger partial charge is 0.408 e. The van der Waals surface area contributed by atoms with Gasteiger partial charge in [0.1, 0.15) is 12.1 Å². The molecule has 0 aliphatic carbocycles. The number of sulfone groups is 1. The standard InChI is InChI=1S/C43H52F3N3O5S/c1-28(2)38(48-40(51)33(27-55(53,54)42(3,4)5)25-32-19-13-18-30-16-9-11-20-34(30)32)41(52)47-36(24-29-14-7-6-8-15-29)37(50)26-49-23-22-31-17-10-12-21-35(31)39(49)43(44,45)46/h6-21,28,33,36-39,50H,22-27H2,1-5H3,(H,47,52)(H,48,51)/t33-,36+,37+,38+,39+/m1/s1. The van der Waals surface area contributed by atoms with Crippen molar-refractivity contribution in [1.82, 2.24) is 15.5 Å². The highest BCUT2D eigenvalue weighted by Gasteiger charge is 2.48. The van der Waals surface area contributed by atoms with E-state index in [1.807, 2.05) is 48.5 Å². The number of aliphatic hydroxyl groups is 1. The first-order valence-corrected chi connectivity index (χ1v) is 20.4. The van der Waals surface area contributed by atoms with Crippen molar-refractivity contribution in [2.75, 3.05) is 18.8 Å². The maximum atomic E-state index is 14.6. The van der Waals surface area contributed by atoms with Crippen molar-refractivity contribution in [3.63, 3.8) is 0 Å². The Kier molecular flexibility index (Phi) is 13.1. The maximum absolute atomic E-state index is 14.6. The molecule has 0 saturated heterocycles. The fraction of sp³-hybridized carbons (Fsp3) is 0.442. The zero-order chi connectivity index (χ0) is 40.1. The van der Waals surface area contributed by atoms with Gasteiger partial charge in [-0.1, -0.05) is 111 Å². The first-order valence-electron chi connectivity index (χ1n) is 18.8. The number of β-amino-alcohol motifs (C(OH)–C–C–N with tert-alkyl or cyclic N) is 1. The summed E-state index contributed by atoms with van der Waals surface area (Å²) in [5.41, 5.74) is 2.29. The molecule has 3 N–H and O–H groups in total. The molecule has 55 heavy (non-hydrogen) atoms. The Morgan fingerprint density at radius 3 is 2.15 bits per heavy atom. The van der Waals surface area contributed by atoms with Gasteiger partial charge >= 0.3 is 6.18 Å². The minimum atomic E-state index is -4.61. The van der Waals surface area contributed by atoms with E-state index < -0.39 is 74.4 Å². The third kappa shape index (κ3) is 10.3. The zero-order valence-electron chi connectivity index (χ0n) is 32.0. The van der Waals surface area contributed by atoms with E-state index in [-0.39, 0.29) is 31.5 Å². The van der Waals surface area contributed by atoms with Crippen LogP contribution in [0.2, 0.25) is 0 Å². The van der Waals surface area contributed by atoms with E-state index in [1.54, 1.807) is 77.1 Å². The summed E-state index contributed by atoms with van der Waals surface area (Å²) in [6.07, 6.45) is -5.44. The molecule has 5 atom stereocenters. The smallest absolute Gasteiger partial charge is 0.390 e. The van der Waals surface area contributed by atoms with Crippen molar-refractivity contribution < 1.29 is 36.3 Å². The topological polar surface area (TPSA) is 116 Å². The minimum Gasteiger partial charge on any atom is -0.390 e. The molecule has 1 aliphatic heterocycles. The van der Waals surface area contributed by atoms with Crippen LogP contribution >= 0.6 is 0 Å². The predicted molar refractivity (Wildman–Crippen MR) is 210 cm³/mol. The number of benzene rings is 4. The monoisotopic (exact) mass is 779 g/mol. The van der Waals surface area contributed by atoms with E-state index in [0.29, 0.717) is 12.0 Å². The third-order valence-corrected chi connectivity index (χ3v) is 13.2. The first-order chi connectivity index (χ1) is 25.9. The van der Waals surface area contributed by atoms with Crippen LogP contribution < -0.4 is 10.6 Å². The van der Waals surface area contributed by atoms with Gasteiger partial charge in [-0.2, -0.15) is 13.2 Å². The predicted octanol–water partition coefficient (Wildman–Crippen LogP) is 6.60. The number of halogens is 3. The highest BCUT2D eigenvalue weighted by molar-refractivity contribution is 7.92. The molecule has 2 amide bonds. The van der Waals surface area contributed by atoms with E-state index in [1.165, 1.54) is 11.0 Å². The van der Waals surface area contributed by atoms with Crippen molar-refractivity contribution >= 4 is 32.4 Å². The molecule has 8 nitrogen and oxygen atoms in total. The van der Waals surface area contributed by atoms with Gasteiger partial charge in [0.15, 0.2) is 9.84 Å². The average molecular weight is 780 g/mol. The lowest BCUT2D eigenvalue weighted by Crippen LogP contribution is -2.58. The Labute approximate surface area is 322 Å². The van der Waals surface area contributed by atoms with Crippen LogP contribution in [-0.2, 0) is 38.7 Å². The number of alkyl halides is 3. The lowest BCUT2D eigenvalue weighted by atomic mass is 9.91. The van der Waals surface area contributed by atoms with Crippen LogP contribution in [-0.4, -0.2) is 78.2 Å². The van der Waals surface area contributed by atoms with Gasteiger partial charge in [-0.25, -0.2) is 8.42 Å². The number of amides is 2. The number of nitrogens with zero attached hydrogens (tertiary/aromatic N) is 1. The molecule has 0 saturated carbocycles. The van der Waals surface area contributed by atoms with Crippen molar-refractivity contribution in [2.24, 2.45) is 11.8 Å². The van der Waals surface area contributed by atoms with Gasteiger partial charge in [0.05, 0.1) is 28.6 Å². The first kappa shape index (κ1) is 41.9. The fourth-order valence-electron chi connectivity index (χ4n) is 7.27. The highest BCUT2D eigenvalue weighted by atomic mass is 32.2. The molecule has 0 radical (unpaired) electrons. The summed E-state index contributed by atoms with van der Waals surface area (Å²) < 4.78 is 69.6. The molecule has 4 aromatic carbocycles. The van der Waals surface area contributed by atoms with Gasteiger partial charge < -0.3 is 15.7 Å². The number of carbonyl (C=O) groups excluding carboxylic acids is 2. The van der Waals surface area contributed by atoms with Gasteiger partial charge in [-0.05, 0) is 79.0 Å². The second-order valence-electron chi connectivity index (χ2n) is 15.9. The molecule has 5 rings (SSSR count). The molecule has 0 spiro atoms. The summed E-state index contributed by atoms with van der Waals surface area (Å²) >= 11 is 0. The van der Waals surface area contributed by atoms with Crippen LogP contribution in [0.15, 0.2) is 97.1 Å². The van der Waals surface area contributed by atoms with Crippen molar-refractivity contribution in [3.8, 4) is 0 Å². The van der Waals surface area contributed by atoms with Gasteiger partial charge in [-0.3, -0.25) is 14.5 Å². The van der Waals surface area contributed by atoms with Crippen LogP contribution in [0.3, 0.4) is 0 Å². The van der Waals surface area contributed by atoms with Gasteiger partial charge in [0, 0.05) is 13.1 Å². The quantitative estimate of drug-likeness (QED) is 0.133. The summed E-state index contributed by atoms with van der Waals surface area (Å²) in [6.45, 7) is 7.90. The van der Waals surface area contributed by atoms with E-state index in [2.05, 4.69) is 10.6 Å². The van der Waals surface area contributed by atoms with Gasteiger partial charge in [-0.15, -0.1) is 0 Å². The number of hydrogen-bond donors (Lipinski definition) is 3. The molecule has 12 heteroatoms. The third-order valence-electron chi connectivity index (χ3n) is 10.5. The lowest BCUT2D eigenvalue weighted by Gasteiger charge is -2.40. The number of nitrogens with one attached hydrogen (secondary N) is 2. The van der Waals surface area contributed by atoms with Crippen molar-refractivity contribution in [2.45, 2.75) is 89.0 Å². The second kappa shape index (κ2) is 17.3. The summed E-state index contributed by atoms with van der Waals surface area (Å²) in [4.78, 5) is 29.6. The number of carbonyl (C=O) groups is 2. The summed E-state index contributed by atoms with van der Waals surface area (Å²) in [7, 11) is -3.78. The van der Waals surface area contributed by atoms with Crippen LogP contribution in [0, 0.1) is 11.8 Å². The molecular formula is C43H52F3N3O5S. The number of hydrogen-bond acceptors (Lipinski definition) is 6. The van der Waals surface area contributed by atoms with Crippen molar-refractivity contribution in [3.05, 3.63) is 119 Å². The van der Waals surface area contributed by atoms with Crippen LogP contribution in [0.5, 0.6) is 0 Å². The highest BCUT2D eigenvalue weighted by Crippen LogP contribution is 2.42. The van der Waals surface area contributed by atoms with Crippen LogP contribution in [0.1, 0.15) is 62.9 Å². The average Bonchev–Trinajstić information content (AvgIpc) is 3.12. The summed E-state index contributed by atoms with van der Waals surface area (Å²) in [5.74, 6) is -3.22. The fourth-order valence-corrected chi connectivity index (χ4v) is 8.57. The molecule has 0 bridgehead atoms. The molecular weight excluding hydrogens is 728 g/mol. The Morgan fingerprint density at radius 2 is 1.47 bits per heavy atom. The van der Waals surface area contributed by atoms with E-state index in [9.17, 15) is 36.3 Å². The Balaban J connectivity index is 1.40. The number of rotatable bonds is 14. The summed E-state index contributed by atoms with van der Waals surface area (Å²) in [6, 6.07) is 24.6. The lowest BCUT2D eigenvalue weighted by molar-refractivity contribution is -0.192. The Bertz CT molecular complexity index is 2040. The molecule has 1 heterocycles. The molecule has 0 unspecified atom stereocenters. The van der Waals surface area contributed by atoms with Crippen molar-refractivity contribution in [1.29, 1.82) is 0 Å². The molecule has 0 fully saturated rings.